The Kier molecular flexibility index (Phi) is 3.31. The van der Waals surface area contributed by atoms with Crippen molar-refractivity contribution in [3.63, 3.8) is 0 Å². The minimum Gasteiger partial charge on any atom is -0.496 e. The van der Waals surface area contributed by atoms with Crippen LogP contribution in [0, 0.1) is 13.8 Å². The Labute approximate surface area is 88.9 Å². The summed E-state index contributed by atoms with van der Waals surface area (Å²) in [5, 5.41) is 0. The number of aromatic nitrogens is 1. The summed E-state index contributed by atoms with van der Waals surface area (Å²) in [7, 11) is -2.55. The molecule has 0 unspecified atom stereocenters. The van der Waals surface area contributed by atoms with E-state index in [1.807, 2.05) is 6.92 Å². The molecule has 0 amide bonds. The van der Waals surface area contributed by atoms with Crippen LogP contribution in [0.3, 0.4) is 0 Å². The van der Waals surface area contributed by atoms with Crippen LogP contribution in [-0.4, -0.2) is 25.1 Å². The van der Waals surface area contributed by atoms with Crippen molar-refractivity contribution in [1.82, 2.24) is 4.98 Å². The number of aryl methyl sites for hydroxylation is 1. The summed E-state index contributed by atoms with van der Waals surface area (Å²) >= 11 is 0. The van der Waals surface area contributed by atoms with Gasteiger partial charge in [0.05, 0.1) is 12.8 Å². The average Bonchev–Trinajstić information content (AvgIpc) is 2.09. The topological polar surface area (TPSA) is 76.5 Å². The normalized spacial score (nSPS) is 11.5. The van der Waals surface area contributed by atoms with E-state index in [4.69, 9.17) is 9.29 Å². The van der Waals surface area contributed by atoms with Crippen molar-refractivity contribution in [2.45, 2.75) is 19.6 Å². The minimum atomic E-state index is -4.06. The molecule has 6 heteroatoms. The molecule has 1 rings (SSSR count). The maximum atomic E-state index is 10.7. The van der Waals surface area contributed by atoms with Gasteiger partial charge in [0, 0.05) is 17.3 Å². The van der Waals surface area contributed by atoms with E-state index in [0.717, 1.165) is 5.56 Å². The van der Waals surface area contributed by atoms with Crippen LogP contribution in [0.1, 0.15) is 16.8 Å². The summed E-state index contributed by atoms with van der Waals surface area (Å²) in [6, 6.07) is 0. The molecule has 0 radical (unpaired) electrons. The van der Waals surface area contributed by atoms with Gasteiger partial charge in [-0.3, -0.25) is 9.54 Å². The molecule has 0 aliphatic heterocycles. The van der Waals surface area contributed by atoms with E-state index in [9.17, 15) is 8.42 Å². The first-order valence-electron chi connectivity index (χ1n) is 4.29. The standard InChI is InChI=1S/C9H13NO4S/c1-6-4-10-8(5-15(11,12)13)7(2)9(6)14-3/h4H,5H2,1-3H3,(H,11,12,13). The Bertz CT molecular complexity index is 467. The van der Waals surface area contributed by atoms with Crippen molar-refractivity contribution in [2.75, 3.05) is 7.11 Å². The number of hydrogen-bond acceptors (Lipinski definition) is 4. The lowest BCUT2D eigenvalue weighted by molar-refractivity contribution is 0.407. The van der Waals surface area contributed by atoms with Gasteiger partial charge >= 0.3 is 0 Å². The molecule has 0 bridgehead atoms. The van der Waals surface area contributed by atoms with E-state index in [1.54, 1.807) is 6.92 Å². The highest BCUT2D eigenvalue weighted by molar-refractivity contribution is 7.85. The summed E-state index contributed by atoms with van der Waals surface area (Å²) in [5.41, 5.74) is 1.77. The van der Waals surface area contributed by atoms with Gasteiger partial charge in [0.15, 0.2) is 0 Å². The van der Waals surface area contributed by atoms with E-state index >= 15 is 0 Å². The SMILES string of the molecule is COc1c(C)cnc(CS(=O)(=O)O)c1C. The van der Waals surface area contributed by atoms with E-state index in [0.29, 0.717) is 17.0 Å². The molecule has 15 heavy (non-hydrogen) atoms. The third kappa shape index (κ3) is 2.90. The van der Waals surface area contributed by atoms with Gasteiger partial charge in [-0.1, -0.05) is 0 Å². The zero-order valence-corrected chi connectivity index (χ0v) is 9.63. The van der Waals surface area contributed by atoms with Gasteiger partial charge in [0.1, 0.15) is 11.5 Å². The van der Waals surface area contributed by atoms with E-state index in [1.165, 1.54) is 13.3 Å². The van der Waals surface area contributed by atoms with E-state index in [2.05, 4.69) is 4.98 Å². The molecule has 1 heterocycles. The number of pyridine rings is 1. The van der Waals surface area contributed by atoms with Crippen molar-refractivity contribution < 1.29 is 17.7 Å². The smallest absolute Gasteiger partial charge is 0.270 e. The molecule has 1 N–H and O–H groups in total. The minimum absolute atomic E-state index is 0.306. The van der Waals surface area contributed by atoms with Crippen molar-refractivity contribution in [2.24, 2.45) is 0 Å². The van der Waals surface area contributed by atoms with Crippen molar-refractivity contribution in [3.05, 3.63) is 23.0 Å². The largest absolute Gasteiger partial charge is 0.496 e. The molecular formula is C9H13NO4S. The zero-order valence-electron chi connectivity index (χ0n) is 8.81. The number of rotatable bonds is 3. The summed E-state index contributed by atoms with van der Waals surface area (Å²) in [6.45, 7) is 3.52. The Morgan fingerprint density at radius 3 is 2.53 bits per heavy atom. The maximum Gasteiger partial charge on any atom is 0.270 e. The number of ether oxygens (including phenoxy) is 1. The third-order valence-corrected chi connectivity index (χ3v) is 2.71. The molecule has 0 atom stereocenters. The molecule has 84 valence electrons. The predicted octanol–water partition coefficient (Wildman–Crippen LogP) is 1.09. The highest BCUT2D eigenvalue weighted by Gasteiger charge is 2.14. The number of methoxy groups -OCH3 is 1. The van der Waals surface area contributed by atoms with E-state index in [-0.39, 0.29) is 0 Å². The second kappa shape index (κ2) is 4.16. The lowest BCUT2D eigenvalue weighted by atomic mass is 10.1. The Morgan fingerprint density at radius 1 is 1.47 bits per heavy atom. The first-order chi connectivity index (χ1) is 6.85. The van der Waals surface area contributed by atoms with Crippen molar-refractivity contribution in [1.29, 1.82) is 0 Å². The summed E-state index contributed by atoms with van der Waals surface area (Å²) in [6.07, 6.45) is 1.52. The first-order valence-corrected chi connectivity index (χ1v) is 5.90. The molecule has 1 aromatic heterocycles. The van der Waals surface area contributed by atoms with Crippen molar-refractivity contribution >= 4 is 10.1 Å². The Morgan fingerprint density at radius 2 is 2.07 bits per heavy atom. The highest BCUT2D eigenvalue weighted by Crippen LogP contribution is 2.24. The molecule has 5 nitrogen and oxygen atoms in total. The monoisotopic (exact) mass is 231 g/mol. The second-order valence-corrected chi connectivity index (χ2v) is 4.72. The van der Waals surface area contributed by atoms with Gasteiger partial charge < -0.3 is 4.74 Å². The van der Waals surface area contributed by atoms with Crippen molar-refractivity contribution in [3.8, 4) is 5.75 Å². The lowest BCUT2D eigenvalue weighted by Crippen LogP contribution is -2.07. The van der Waals surface area contributed by atoms with Crippen LogP contribution >= 0.6 is 0 Å². The third-order valence-electron chi connectivity index (χ3n) is 2.07. The van der Waals surface area contributed by atoms with Gasteiger partial charge in [0.2, 0.25) is 0 Å². The second-order valence-electron chi connectivity index (χ2n) is 3.27. The molecule has 0 spiro atoms. The first kappa shape index (κ1) is 11.9. The summed E-state index contributed by atoms with van der Waals surface area (Å²) in [4.78, 5) is 3.95. The van der Waals surface area contributed by atoms with Gasteiger partial charge in [-0.2, -0.15) is 8.42 Å². The van der Waals surface area contributed by atoms with E-state index < -0.39 is 15.9 Å². The quantitative estimate of drug-likeness (QED) is 0.788. The molecule has 0 aromatic carbocycles. The maximum absolute atomic E-state index is 10.7. The molecule has 0 saturated heterocycles. The summed E-state index contributed by atoms with van der Waals surface area (Å²) in [5.74, 6) is 0.110. The molecule has 0 fully saturated rings. The van der Waals surface area contributed by atoms with Crippen LogP contribution in [0.25, 0.3) is 0 Å². The lowest BCUT2D eigenvalue weighted by Gasteiger charge is -2.10. The molecule has 0 aliphatic carbocycles. The van der Waals surface area contributed by atoms with Crippen LogP contribution in [0.15, 0.2) is 6.20 Å². The van der Waals surface area contributed by atoms with Crippen LogP contribution < -0.4 is 4.74 Å². The Hall–Kier alpha value is -1.14. The highest BCUT2D eigenvalue weighted by atomic mass is 32.2. The summed E-state index contributed by atoms with van der Waals surface area (Å²) < 4.78 is 35.3. The van der Waals surface area contributed by atoms with Crippen LogP contribution in [0.4, 0.5) is 0 Å². The zero-order chi connectivity index (χ0) is 11.6. The van der Waals surface area contributed by atoms with Gasteiger partial charge in [-0.05, 0) is 13.8 Å². The molecule has 1 aromatic rings. The van der Waals surface area contributed by atoms with Crippen LogP contribution in [0.5, 0.6) is 5.75 Å². The van der Waals surface area contributed by atoms with Gasteiger partial charge in [-0.15, -0.1) is 0 Å². The fourth-order valence-corrected chi connectivity index (χ4v) is 2.03. The fraction of sp³-hybridized carbons (Fsp3) is 0.444. The molecule has 0 saturated carbocycles. The van der Waals surface area contributed by atoms with Crippen LogP contribution in [-0.2, 0) is 15.9 Å². The van der Waals surface area contributed by atoms with Gasteiger partial charge in [0.25, 0.3) is 10.1 Å². The average molecular weight is 231 g/mol. The predicted molar refractivity (Wildman–Crippen MR) is 55.5 cm³/mol. The Balaban J connectivity index is 3.22. The number of hydrogen-bond donors (Lipinski definition) is 1. The van der Waals surface area contributed by atoms with Crippen LogP contribution in [0.2, 0.25) is 0 Å². The molecular weight excluding hydrogens is 218 g/mol. The molecule has 0 aliphatic rings. The fourth-order valence-electron chi connectivity index (χ4n) is 1.39. The number of nitrogens with zero attached hydrogens (tertiary/aromatic N) is 1. The van der Waals surface area contributed by atoms with Gasteiger partial charge in [-0.25, -0.2) is 0 Å².